The minimum atomic E-state index is -0.313. The molecule has 28 heavy (non-hydrogen) atoms. The lowest BCUT2D eigenvalue weighted by Gasteiger charge is -2.26. The predicted molar refractivity (Wildman–Crippen MR) is 107 cm³/mol. The lowest BCUT2D eigenvalue weighted by molar-refractivity contribution is -0.116. The van der Waals surface area contributed by atoms with Crippen molar-refractivity contribution in [3.05, 3.63) is 53.2 Å². The Morgan fingerprint density at radius 1 is 1.21 bits per heavy atom. The summed E-state index contributed by atoms with van der Waals surface area (Å²) in [5.74, 6) is 0.865. The van der Waals surface area contributed by atoms with Crippen LogP contribution in [0.1, 0.15) is 54.1 Å². The standard InChI is InChI=1S/C22H26N2O4/c1-3-4-5-21(25)24-20-14-19(10-11-23-20)28-18-9-8-15-12-17(22(26)27-2)7-6-16(15)13-18/h6-7,10-12,14,18H,3-5,8-9,13H2,1-2H3,(H,23,24,25). The molecule has 1 aromatic carbocycles. The van der Waals surface area contributed by atoms with E-state index in [9.17, 15) is 9.59 Å². The van der Waals surface area contributed by atoms with E-state index in [4.69, 9.17) is 9.47 Å². The Balaban J connectivity index is 1.62. The molecule has 1 aromatic heterocycles. The fourth-order valence-electron chi connectivity index (χ4n) is 3.35. The molecule has 1 heterocycles. The molecule has 2 aromatic rings. The van der Waals surface area contributed by atoms with Crippen molar-refractivity contribution < 1.29 is 19.1 Å². The third-order valence-electron chi connectivity index (χ3n) is 4.87. The Labute approximate surface area is 165 Å². The molecule has 0 spiro atoms. The van der Waals surface area contributed by atoms with Crippen LogP contribution in [0.4, 0.5) is 5.82 Å². The Hall–Kier alpha value is -2.89. The Bertz CT molecular complexity index is 850. The first-order valence-electron chi connectivity index (χ1n) is 9.71. The maximum atomic E-state index is 11.9. The summed E-state index contributed by atoms with van der Waals surface area (Å²) in [7, 11) is 1.39. The summed E-state index contributed by atoms with van der Waals surface area (Å²) in [6, 6.07) is 9.25. The molecule has 1 N–H and O–H groups in total. The number of carbonyl (C=O) groups is 2. The first-order valence-corrected chi connectivity index (χ1v) is 9.71. The van der Waals surface area contributed by atoms with E-state index in [1.54, 1.807) is 24.4 Å². The van der Waals surface area contributed by atoms with Crippen LogP contribution in [0, 0.1) is 0 Å². The van der Waals surface area contributed by atoms with Gasteiger partial charge in [0.25, 0.3) is 0 Å². The van der Waals surface area contributed by atoms with Gasteiger partial charge in [-0.1, -0.05) is 19.4 Å². The summed E-state index contributed by atoms with van der Waals surface area (Å²) in [5.41, 5.74) is 2.94. The zero-order valence-corrected chi connectivity index (χ0v) is 16.4. The number of aryl methyl sites for hydroxylation is 1. The molecule has 0 fully saturated rings. The van der Waals surface area contributed by atoms with Crippen LogP contribution >= 0.6 is 0 Å². The summed E-state index contributed by atoms with van der Waals surface area (Å²) in [5, 5.41) is 2.82. The number of anilines is 1. The number of nitrogens with one attached hydrogen (secondary N) is 1. The van der Waals surface area contributed by atoms with Crippen LogP contribution in [0.25, 0.3) is 0 Å². The number of ether oxygens (including phenoxy) is 2. The summed E-state index contributed by atoms with van der Waals surface area (Å²) >= 11 is 0. The van der Waals surface area contributed by atoms with Gasteiger partial charge in [-0.25, -0.2) is 9.78 Å². The van der Waals surface area contributed by atoms with Crippen LogP contribution in [0.3, 0.4) is 0 Å². The van der Waals surface area contributed by atoms with E-state index in [0.717, 1.165) is 32.1 Å². The van der Waals surface area contributed by atoms with Gasteiger partial charge in [0.2, 0.25) is 5.91 Å². The predicted octanol–water partition coefficient (Wildman–Crippen LogP) is 3.93. The van der Waals surface area contributed by atoms with E-state index < -0.39 is 0 Å². The Kier molecular flexibility index (Phi) is 6.63. The van der Waals surface area contributed by atoms with Gasteiger partial charge in [-0.2, -0.15) is 0 Å². The van der Waals surface area contributed by atoms with Crippen molar-refractivity contribution in [3.8, 4) is 5.75 Å². The summed E-state index contributed by atoms with van der Waals surface area (Å²) in [6.07, 6.45) is 6.50. The third-order valence-corrected chi connectivity index (χ3v) is 4.87. The number of nitrogens with zero attached hydrogens (tertiary/aromatic N) is 1. The number of amides is 1. The average molecular weight is 382 g/mol. The summed E-state index contributed by atoms with van der Waals surface area (Å²) in [4.78, 5) is 27.8. The van der Waals surface area contributed by atoms with E-state index in [-0.39, 0.29) is 18.0 Å². The fourth-order valence-corrected chi connectivity index (χ4v) is 3.35. The van der Waals surface area contributed by atoms with Crippen molar-refractivity contribution in [2.75, 3.05) is 12.4 Å². The van der Waals surface area contributed by atoms with E-state index in [1.165, 1.54) is 18.2 Å². The number of hydrogen-bond acceptors (Lipinski definition) is 5. The lowest BCUT2D eigenvalue weighted by atomic mass is 9.88. The number of benzene rings is 1. The minimum Gasteiger partial charge on any atom is -0.490 e. The zero-order chi connectivity index (χ0) is 19.9. The molecule has 1 amide bonds. The maximum Gasteiger partial charge on any atom is 0.337 e. The average Bonchev–Trinajstić information content (AvgIpc) is 2.71. The number of methoxy groups -OCH3 is 1. The molecule has 1 aliphatic rings. The molecule has 0 bridgehead atoms. The lowest BCUT2D eigenvalue weighted by Crippen LogP contribution is -2.25. The molecule has 0 saturated heterocycles. The number of rotatable bonds is 7. The van der Waals surface area contributed by atoms with Crippen LogP contribution in [-0.4, -0.2) is 30.1 Å². The number of carbonyl (C=O) groups excluding carboxylic acids is 2. The van der Waals surface area contributed by atoms with E-state index in [1.807, 2.05) is 12.1 Å². The van der Waals surface area contributed by atoms with Crippen LogP contribution in [0.15, 0.2) is 36.5 Å². The zero-order valence-electron chi connectivity index (χ0n) is 16.4. The van der Waals surface area contributed by atoms with E-state index >= 15 is 0 Å². The topological polar surface area (TPSA) is 77.5 Å². The second-order valence-electron chi connectivity index (χ2n) is 6.99. The molecule has 148 valence electrons. The second-order valence-corrected chi connectivity index (χ2v) is 6.99. The summed E-state index contributed by atoms with van der Waals surface area (Å²) < 4.78 is 10.9. The van der Waals surface area contributed by atoms with Gasteiger partial charge in [-0.05, 0) is 48.6 Å². The van der Waals surface area contributed by atoms with Crippen molar-refractivity contribution >= 4 is 17.7 Å². The van der Waals surface area contributed by atoms with Crippen molar-refractivity contribution in [1.82, 2.24) is 4.98 Å². The van der Waals surface area contributed by atoms with Gasteiger partial charge in [0.05, 0.1) is 12.7 Å². The van der Waals surface area contributed by atoms with Gasteiger partial charge in [0.15, 0.2) is 0 Å². The van der Waals surface area contributed by atoms with Crippen LogP contribution in [0.5, 0.6) is 5.75 Å². The second kappa shape index (κ2) is 9.35. The van der Waals surface area contributed by atoms with Gasteiger partial charge in [0, 0.05) is 25.1 Å². The Morgan fingerprint density at radius 3 is 2.86 bits per heavy atom. The molecule has 6 heteroatoms. The summed E-state index contributed by atoms with van der Waals surface area (Å²) in [6.45, 7) is 2.05. The van der Waals surface area contributed by atoms with Crippen molar-refractivity contribution in [2.45, 2.75) is 51.6 Å². The quantitative estimate of drug-likeness (QED) is 0.734. The number of esters is 1. The molecular formula is C22H26N2O4. The number of aromatic nitrogens is 1. The van der Waals surface area contributed by atoms with Crippen molar-refractivity contribution in [2.24, 2.45) is 0 Å². The molecular weight excluding hydrogens is 356 g/mol. The molecule has 1 aliphatic carbocycles. The normalized spacial score (nSPS) is 15.4. The van der Waals surface area contributed by atoms with Gasteiger partial charge in [0.1, 0.15) is 17.7 Å². The first-order chi connectivity index (χ1) is 13.6. The highest BCUT2D eigenvalue weighted by Crippen LogP contribution is 2.27. The van der Waals surface area contributed by atoms with E-state index in [2.05, 4.69) is 17.2 Å². The largest absolute Gasteiger partial charge is 0.490 e. The molecule has 1 atom stereocenters. The van der Waals surface area contributed by atoms with Gasteiger partial charge in [-0.3, -0.25) is 4.79 Å². The monoisotopic (exact) mass is 382 g/mol. The molecule has 6 nitrogen and oxygen atoms in total. The van der Waals surface area contributed by atoms with Gasteiger partial charge >= 0.3 is 5.97 Å². The molecule has 1 unspecified atom stereocenters. The molecule has 3 rings (SSSR count). The van der Waals surface area contributed by atoms with Crippen LogP contribution in [0.2, 0.25) is 0 Å². The van der Waals surface area contributed by atoms with Crippen LogP contribution < -0.4 is 10.1 Å². The number of pyridine rings is 1. The first kappa shape index (κ1) is 19.9. The van der Waals surface area contributed by atoms with Crippen LogP contribution in [-0.2, 0) is 22.4 Å². The third kappa shape index (κ3) is 5.09. The van der Waals surface area contributed by atoms with Crippen molar-refractivity contribution in [3.63, 3.8) is 0 Å². The maximum absolute atomic E-state index is 11.9. The SMILES string of the molecule is CCCCC(=O)Nc1cc(OC2CCc3cc(C(=O)OC)ccc3C2)ccn1. The Morgan fingerprint density at radius 2 is 2.07 bits per heavy atom. The fraction of sp³-hybridized carbons (Fsp3) is 0.409. The number of hydrogen-bond donors (Lipinski definition) is 1. The van der Waals surface area contributed by atoms with Crippen molar-refractivity contribution in [1.29, 1.82) is 0 Å². The van der Waals surface area contributed by atoms with E-state index in [0.29, 0.717) is 23.6 Å². The number of unbranched alkanes of at least 4 members (excludes halogenated alkanes) is 1. The molecule has 0 radical (unpaired) electrons. The smallest absolute Gasteiger partial charge is 0.337 e. The molecule has 0 aliphatic heterocycles. The number of fused-ring (bicyclic) bond motifs is 1. The minimum absolute atomic E-state index is 0.0282. The highest BCUT2D eigenvalue weighted by molar-refractivity contribution is 5.90. The highest BCUT2D eigenvalue weighted by atomic mass is 16.5. The highest BCUT2D eigenvalue weighted by Gasteiger charge is 2.21. The molecule has 0 saturated carbocycles. The van der Waals surface area contributed by atoms with Gasteiger partial charge in [-0.15, -0.1) is 0 Å². The van der Waals surface area contributed by atoms with Gasteiger partial charge < -0.3 is 14.8 Å².